The van der Waals surface area contributed by atoms with Crippen LogP contribution in [0.5, 0.6) is 5.75 Å². The van der Waals surface area contributed by atoms with Crippen LogP contribution in [0.2, 0.25) is 0 Å². The Morgan fingerprint density at radius 1 is 1.28 bits per heavy atom. The van der Waals surface area contributed by atoms with Crippen molar-refractivity contribution in [3.63, 3.8) is 0 Å². The fourth-order valence-corrected chi connectivity index (χ4v) is 2.06. The number of hydrogen-bond acceptors (Lipinski definition) is 3. The molecule has 0 atom stereocenters. The van der Waals surface area contributed by atoms with Crippen LogP contribution in [0.1, 0.15) is 16.7 Å². The minimum absolute atomic E-state index is 0.471. The van der Waals surface area contributed by atoms with E-state index in [1.807, 2.05) is 19.3 Å². The van der Waals surface area contributed by atoms with Gasteiger partial charge in [0.05, 0.1) is 7.11 Å². The lowest BCUT2D eigenvalue weighted by Gasteiger charge is -2.11. The maximum atomic E-state index is 5.77. The molecule has 18 heavy (non-hydrogen) atoms. The fraction of sp³-hybridized carbons (Fsp3) is 0.357. The molecule has 2 aromatic rings. The lowest BCUT2D eigenvalue weighted by Crippen LogP contribution is -1.98. The minimum atomic E-state index is 0.471. The molecule has 1 aromatic heterocycles. The molecule has 2 rings (SSSR count). The normalized spacial score (nSPS) is 10.7. The summed E-state index contributed by atoms with van der Waals surface area (Å²) in [5, 5.41) is 4.49. The van der Waals surface area contributed by atoms with Crippen molar-refractivity contribution in [1.29, 1.82) is 0 Å². The molecule has 0 aliphatic heterocycles. The first kappa shape index (κ1) is 12.6. The van der Waals surface area contributed by atoms with Gasteiger partial charge in [0.25, 0.3) is 0 Å². The molecule has 0 fully saturated rings. The second-order valence-electron chi connectivity index (χ2n) is 4.52. The number of aryl methyl sites for hydroxylation is 3. The molecule has 0 unspecified atom stereocenters. The van der Waals surface area contributed by atoms with E-state index in [-0.39, 0.29) is 0 Å². The van der Waals surface area contributed by atoms with Gasteiger partial charge >= 0.3 is 0 Å². The second-order valence-corrected chi connectivity index (χ2v) is 4.52. The first-order valence-corrected chi connectivity index (χ1v) is 5.95. The summed E-state index contributed by atoms with van der Waals surface area (Å²) >= 11 is 0. The van der Waals surface area contributed by atoms with Crippen molar-refractivity contribution in [2.45, 2.75) is 20.4 Å². The maximum Gasteiger partial charge on any atom is 0.128 e. The third-order valence-corrected chi connectivity index (χ3v) is 3.20. The van der Waals surface area contributed by atoms with Crippen molar-refractivity contribution in [2.24, 2.45) is 12.8 Å². The third-order valence-electron chi connectivity index (χ3n) is 3.20. The van der Waals surface area contributed by atoms with Crippen LogP contribution >= 0.6 is 0 Å². The van der Waals surface area contributed by atoms with Gasteiger partial charge in [-0.1, -0.05) is 0 Å². The molecule has 0 aliphatic rings. The highest BCUT2D eigenvalue weighted by molar-refractivity contribution is 5.71. The molecular formula is C14H19N3O. The number of benzene rings is 1. The largest absolute Gasteiger partial charge is 0.496 e. The van der Waals surface area contributed by atoms with Crippen molar-refractivity contribution < 1.29 is 4.74 Å². The minimum Gasteiger partial charge on any atom is -0.496 e. The summed E-state index contributed by atoms with van der Waals surface area (Å²) in [6, 6.07) is 4.15. The van der Waals surface area contributed by atoms with Gasteiger partial charge in [0.1, 0.15) is 11.4 Å². The van der Waals surface area contributed by atoms with Crippen LogP contribution in [0.3, 0.4) is 0 Å². The lowest BCUT2D eigenvalue weighted by molar-refractivity contribution is 0.416. The molecular weight excluding hydrogens is 226 g/mol. The molecule has 0 saturated heterocycles. The van der Waals surface area contributed by atoms with Crippen LogP contribution < -0.4 is 10.5 Å². The Kier molecular flexibility index (Phi) is 3.39. The highest BCUT2D eigenvalue weighted by Gasteiger charge is 2.14. The van der Waals surface area contributed by atoms with Crippen molar-refractivity contribution in [1.82, 2.24) is 9.78 Å². The molecule has 0 bridgehead atoms. The predicted molar refractivity (Wildman–Crippen MR) is 72.6 cm³/mol. The number of aromatic nitrogens is 2. The zero-order valence-electron chi connectivity index (χ0n) is 11.3. The number of rotatable bonds is 3. The van der Waals surface area contributed by atoms with Gasteiger partial charge in [0, 0.05) is 30.9 Å². The molecule has 0 aliphatic carbocycles. The molecule has 0 amide bonds. The van der Waals surface area contributed by atoms with Crippen molar-refractivity contribution in [3.8, 4) is 17.0 Å². The van der Waals surface area contributed by atoms with Crippen molar-refractivity contribution in [2.75, 3.05) is 7.11 Å². The van der Waals surface area contributed by atoms with Gasteiger partial charge in [-0.05, 0) is 37.1 Å². The van der Waals surface area contributed by atoms with Gasteiger partial charge in [-0.2, -0.15) is 5.10 Å². The van der Waals surface area contributed by atoms with E-state index < -0.39 is 0 Å². The van der Waals surface area contributed by atoms with Gasteiger partial charge in [-0.15, -0.1) is 0 Å². The van der Waals surface area contributed by atoms with Crippen molar-refractivity contribution in [3.05, 3.63) is 35.0 Å². The van der Waals surface area contributed by atoms with Gasteiger partial charge in [0.15, 0.2) is 0 Å². The topological polar surface area (TPSA) is 53.1 Å². The van der Waals surface area contributed by atoms with E-state index in [1.165, 1.54) is 11.1 Å². The molecule has 2 N–H and O–H groups in total. The summed E-state index contributed by atoms with van der Waals surface area (Å²) < 4.78 is 7.24. The summed E-state index contributed by atoms with van der Waals surface area (Å²) in [5.41, 5.74) is 11.1. The molecule has 0 spiro atoms. The number of nitrogens with two attached hydrogens (primary N) is 1. The summed E-state index contributed by atoms with van der Waals surface area (Å²) in [6.07, 6.45) is 1.95. The summed E-state index contributed by atoms with van der Waals surface area (Å²) in [5.74, 6) is 0.839. The maximum absolute atomic E-state index is 5.77. The summed E-state index contributed by atoms with van der Waals surface area (Å²) in [6.45, 7) is 4.63. The monoisotopic (exact) mass is 245 g/mol. The second kappa shape index (κ2) is 4.82. The van der Waals surface area contributed by atoms with E-state index in [2.05, 4.69) is 25.0 Å². The van der Waals surface area contributed by atoms with Gasteiger partial charge < -0.3 is 10.5 Å². The SMILES string of the molecule is COc1cc(C)c(C)cc1-c1nn(C)cc1CN. The van der Waals surface area contributed by atoms with Crippen LogP contribution in [0.25, 0.3) is 11.3 Å². The van der Waals surface area contributed by atoms with Crippen LogP contribution in [0, 0.1) is 13.8 Å². The van der Waals surface area contributed by atoms with E-state index in [4.69, 9.17) is 10.5 Å². The average molecular weight is 245 g/mol. The van der Waals surface area contributed by atoms with Crippen molar-refractivity contribution >= 4 is 0 Å². The Morgan fingerprint density at radius 2 is 1.94 bits per heavy atom. The third kappa shape index (κ3) is 2.11. The van der Waals surface area contributed by atoms with E-state index in [0.29, 0.717) is 6.54 Å². The Hall–Kier alpha value is -1.81. The Balaban J connectivity index is 2.65. The highest BCUT2D eigenvalue weighted by Crippen LogP contribution is 2.33. The zero-order chi connectivity index (χ0) is 13.3. The molecule has 96 valence electrons. The Labute approximate surface area is 107 Å². The number of methoxy groups -OCH3 is 1. The standard InChI is InChI=1S/C14H19N3O/c1-9-5-12(13(18-4)6-10(9)2)14-11(7-15)8-17(3)16-14/h5-6,8H,7,15H2,1-4H3. The Morgan fingerprint density at radius 3 is 2.56 bits per heavy atom. The number of ether oxygens (including phenoxy) is 1. The summed E-state index contributed by atoms with van der Waals surface area (Å²) in [7, 11) is 3.58. The fourth-order valence-electron chi connectivity index (χ4n) is 2.06. The summed E-state index contributed by atoms with van der Waals surface area (Å²) in [4.78, 5) is 0. The molecule has 1 aromatic carbocycles. The smallest absolute Gasteiger partial charge is 0.128 e. The predicted octanol–water partition coefficient (Wildman–Crippen LogP) is 2.17. The molecule has 0 radical (unpaired) electrons. The van der Waals surface area contributed by atoms with Gasteiger partial charge in [-0.3, -0.25) is 4.68 Å². The molecule has 0 saturated carbocycles. The number of nitrogens with zero attached hydrogens (tertiary/aromatic N) is 2. The molecule has 1 heterocycles. The quantitative estimate of drug-likeness (QED) is 0.901. The van der Waals surface area contributed by atoms with Gasteiger partial charge in [-0.25, -0.2) is 0 Å². The van der Waals surface area contributed by atoms with E-state index in [0.717, 1.165) is 22.6 Å². The first-order valence-electron chi connectivity index (χ1n) is 5.95. The van der Waals surface area contributed by atoms with E-state index in [1.54, 1.807) is 11.8 Å². The lowest BCUT2D eigenvalue weighted by atomic mass is 10.0. The van der Waals surface area contributed by atoms with Crippen LogP contribution in [-0.4, -0.2) is 16.9 Å². The van der Waals surface area contributed by atoms with E-state index in [9.17, 15) is 0 Å². The Bertz CT molecular complexity index is 573. The molecule has 4 nitrogen and oxygen atoms in total. The van der Waals surface area contributed by atoms with Crippen LogP contribution in [0.15, 0.2) is 18.3 Å². The first-order chi connectivity index (χ1) is 8.56. The zero-order valence-corrected chi connectivity index (χ0v) is 11.3. The average Bonchev–Trinajstić information content (AvgIpc) is 2.73. The van der Waals surface area contributed by atoms with E-state index >= 15 is 0 Å². The molecule has 4 heteroatoms. The van der Waals surface area contributed by atoms with Crippen LogP contribution in [0.4, 0.5) is 0 Å². The van der Waals surface area contributed by atoms with Gasteiger partial charge in [0.2, 0.25) is 0 Å². The van der Waals surface area contributed by atoms with Crippen LogP contribution in [-0.2, 0) is 13.6 Å². The highest BCUT2D eigenvalue weighted by atomic mass is 16.5. The number of hydrogen-bond donors (Lipinski definition) is 1.